The van der Waals surface area contributed by atoms with Gasteiger partial charge in [0.2, 0.25) is 5.91 Å². The summed E-state index contributed by atoms with van der Waals surface area (Å²) in [5.41, 5.74) is 8.30. The van der Waals surface area contributed by atoms with E-state index >= 15 is 0 Å². The van der Waals surface area contributed by atoms with Crippen LogP contribution in [0.3, 0.4) is 0 Å². The van der Waals surface area contributed by atoms with E-state index in [-0.39, 0.29) is 0 Å². The summed E-state index contributed by atoms with van der Waals surface area (Å²) in [5.74, 6) is 0.925. The van der Waals surface area contributed by atoms with Crippen molar-refractivity contribution >= 4 is 5.91 Å². The number of nitrogens with zero attached hydrogens (tertiary/aromatic N) is 1. The van der Waals surface area contributed by atoms with E-state index < -0.39 is 0 Å². The molecule has 1 aliphatic rings. The number of rotatable bonds is 6. The molecule has 0 aliphatic carbocycles. The lowest BCUT2D eigenvalue weighted by atomic mass is 9.88. The van der Waals surface area contributed by atoms with Crippen LogP contribution in [0.4, 0.5) is 0 Å². The number of amides is 1. The van der Waals surface area contributed by atoms with Crippen molar-refractivity contribution < 1.29 is 4.79 Å². The van der Waals surface area contributed by atoms with Gasteiger partial charge in [-0.25, -0.2) is 0 Å². The maximum atomic E-state index is 12.1. The van der Waals surface area contributed by atoms with E-state index in [0.29, 0.717) is 18.4 Å². The van der Waals surface area contributed by atoms with E-state index in [4.69, 9.17) is 5.73 Å². The molecule has 0 saturated carbocycles. The maximum absolute atomic E-state index is 12.1. The van der Waals surface area contributed by atoms with Crippen molar-refractivity contribution in [1.29, 1.82) is 0 Å². The zero-order valence-electron chi connectivity index (χ0n) is 13.2. The van der Waals surface area contributed by atoms with Gasteiger partial charge in [0.1, 0.15) is 0 Å². The molecule has 1 aliphatic heterocycles. The number of carbonyl (C=O) groups is 1. The van der Waals surface area contributed by atoms with E-state index in [1.54, 1.807) is 0 Å². The van der Waals surface area contributed by atoms with Crippen molar-refractivity contribution in [3.63, 3.8) is 0 Å². The lowest BCUT2D eigenvalue weighted by molar-refractivity contribution is -0.132. The van der Waals surface area contributed by atoms with Gasteiger partial charge >= 0.3 is 0 Å². The predicted octanol–water partition coefficient (Wildman–Crippen LogP) is 3.43. The number of hydrogen-bond donors (Lipinski definition) is 1. The Labute approximate surface area is 128 Å². The Bertz CT molecular complexity index is 450. The van der Waals surface area contributed by atoms with Gasteiger partial charge in [0.05, 0.1) is 0 Å². The van der Waals surface area contributed by atoms with Gasteiger partial charge in [-0.05, 0) is 36.3 Å². The number of benzene rings is 1. The fraction of sp³-hybridized carbons (Fsp3) is 0.611. The summed E-state index contributed by atoms with van der Waals surface area (Å²) in [6.45, 7) is 4.58. The molecule has 1 fully saturated rings. The highest BCUT2D eigenvalue weighted by molar-refractivity contribution is 5.76. The molecule has 1 aromatic carbocycles. The molecular weight excluding hydrogens is 260 g/mol. The van der Waals surface area contributed by atoms with Crippen LogP contribution in [0.15, 0.2) is 24.3 Å². The molecule has 0 bridgehead atoms. The van der Waals surface area contributed by atoms with Crippen LogP contribution in [0.5, 0.6) is 0 Å². The number of piperidine rings is 1. The van der Waals surface area contributed by atoms with E-state index in [1.807, 2.05) is 0 Å². The number of unbranched alkanes of at least 4 members (excludes halogenated alkanes) is 2. The number of hydrogen-bond acceptors (Lipinski definition) is 2. The molecule has 1 heterocycles. The van der Waals surface area contributed by atoms with E-state index in [2.05, 4.69) is 36.1 Å². The quantitative estimate of drug-likeness (QED) is 0.815. The van der Waals surface area contributed by atoms with Crippen molar-refractivity contribution in [1.82, 2.24) is 4.90 Å². The summed E-state index contributed by atoms with van der Waals surface area (Å²) >= 11 is 0. The number of carbonyl (C=O) groups excluding carboxylic acids is 1. The van der Waals surface area contributed by atoms with Crippen LogP contribution in [0.1, 0.15) is 62.5 Å². The highest BCUT2D eigenvalue weighted by atomic mass is 16.2. The minimum atomic E-state index is 0.345. The topological polar surface area (TPSA) is 46.3 Å². The summed E-state index contributed by atoms with van der Waals surface area (Å²) < 4.78 is 0. The highest BCUT2D eigenvalue weighted by Crippen LogP contribution is 2.28. The van der Waals surface area contributed by atoms with Crippen molar-refractivity contribution in [3.8, 4) is 0 Å². The molecule has 2 N–H and O–H groups in total. The van der Waals surface area contributed by atoms with Crippen molar-refractivity contribution in [2.45, 2.75) is 57.9 Å². The highest BCUT2D eigenvalue weighted by Gasteiger charge is 2.23. The first kappa shape index (κ1) is 16.0. The predicted molar refractivity (Wildman–Crippen MR) is 87.0 cm³/mol. The largest absolute Gasteiger partial charge is 0.343 e. The Balaban J connectivity index is 1.83. The fourth-order valence-corrected chi connectivity index (χ4v) is 3.12. The normalized spacial score (nSPS) is 16.2. The number of likely N-dealkylation sites (tertiary alicyclic amines) is 1. The van der Waals surface area contributed by atoms with Gasteiger partial charge in [-0.1, -0.05) is 44.0 Å². The van der Waals surface area contributed by atoms with Crippen LogP contribution < -0.4 is 5.73 Å². The van der Waals surface area contributed by atoms with Crippen molar-refractivity contribution in [2.75, 3.05) is 13.1 Å². The third kappa shape index (κ3) is 4.57. The second kappa shape index (κ2) is 8.18. The Kier molecular flexibility index (Phi) is 6.24. The molecule has 0 aromatic heterocycles. The second-order valence-corrected chi connectivity index (χ2v) is 6.06. The summed E-state index contributed by atoms with van der Waals surface area (Å²) in [5, 5.41) is 0. The van der Waals surface area contributed by atoms with E-state index in [0.717, 1.165) is 45.2 Å². The molecule has 0 atom stereocenters. The standard InChI is InChI=1S/C18H28N2O/c1-2-3-4-8-18(21)20-11-9-16(10-12-20)17-7-5-6-15(13-17)14-19/h5-7,13,16H,2-4,8-12,14,19H2,1H3. The molecule has 0 radical (unpaired) electrons. The molecule has 0 spiro atoms. The van der Waals surface area contributed by atoms with Crippen LogP contribution in [0, 0.1) is 0 Å². The second-order valence-electron chi connectivity index (χ2n) is 6.06. The Morgan fingerprint density at radius 2 is 2.05 bits per heavy atom. The third-order valence-corrected chi connectivity index (χ3v) is 4.50. The molecule has 1 saturated heterocycles. The molecule has 1 aromatic rings. The number of nitrogens with two attached hydrogens (primary N) is 1. The minimum absolute atomic E-state index is 0.345. The summed E-state index contributed by atoms with van der Waals surface area (Å²) in [4.78, 5) is 14.2. The molecule has 116 valence electrons. The van der Waals surface area contributed by atoms with E-state index in [9.17, 15) is 4.79 Å². The minimum Gasteiger partial charge on any atom is -0.343 e. The fourth-order valence-electron chi connectivity index (χ4n) is 3.12. The average Bonchev–Trinajstić information content (AvgIpc) is 2.55. The van der Waals surface area contributed by atoms with E-state index in [1.165, 1.54) is 17.5 Å². The Morgan fingerprint density at radius 1 is 1.29 bits per heavy atom. The first-order valence-electron chi connectivity index (χ1n) is 8.31. The lowest BCUT2D eigenvalue weighted by Gasteiger charge is -2.32. The monoisotopic (exact) mass is 288 g/mol. The smallest absolute Gasteiger partial charge is 0.222 e. The van der Waals surface area contributed by atoms with Crippen LogP contribution in [0.2, 0.25) is 0 Å². The molecule has 2 rings (SSSR count). The molecule has 21 heavy (non-hydrogen) atoms. The Hall–Kier alpha value is -1.35. The summed E-state index contributed by atoms with van der Waals surface area (Å²) in [7, 11) is 0. The molecule has 3 nitrogen and oxygen atoms in total. The zero-order valence-corrected chi connectivity index (χ0v) is 13.2. The molecule has 0 unspecified atom stereocenters. The molecule has 1 amide bonds. The third-order valence-electron chi connectivity index (χ3n) is 4.50. The van der Waals surface area contributed by atoms with Gasteiger partial charge in [0.15, 0.2) is 0 Å². The molecule has 3 heteroatoms. The Morgan fingerprint density at radius 3 is 2.71 bits per heavy atom. The van der Waals surface area contributed by atoms with Gasteiger partial charge in [-0.3, -0.25) is 4.79 Å². The molecular formula is C18H28N2O. The lowest BCUT2D eigenvalue weighted by Crippen LogP contribution is -2.37. The van der Waals surface area contributed by atoms with Crippen LogP contribution in [-0.2, 0) is 11.3 Å². The van der Waals surface area contributed by atoms with Gasteiger partial charge in [0, 0.05) is 26.1 Å². The zero-order chi connectivity index (χ0) is 15.1. The van der Waals surface area contributed by atoms with Crippen molar-refractivity contribution in [3.05, 3.63) is 35.4 Å². The first-order valence-corrected chi connectivity index (χ1v) is 8.31. The average molecular weight is 288 g/mol. The SMILES string of the molecule is CCCCCC(=O)N1CCC(c2cccc(CN)c2)CC1. The van der Waals surface area contributed by atoms with Crippen LogP contribution >= 0.6 is 0 Å². The summed E-state index contributed by atoms with van der Waals surface area (Å²) in [6, 6.07) is 8.60. The van der Waals surface area contributed by atoms with Gasteiger partial charge in [-0.15, -0.1) is 0 Å². The van der Waals surface area contributed by atoms with Crippen molar-refractivity contribution in [2.24, 2.45) is 5.73 Å². The first-order chi connectivity index (χ1) is 10.2. The van der Waals surface area contributed by atoms with Crippen LogP contribution in [-0.4, -0.2) is 23.9 Å². The van der Waals surface area contributed by atoms with Gasteiger partial charge in [-0.2, -0.15) is 0 Å². The van der Waals surface area contributed by atoms with Gasteiger partial charge in [0.25, 0.3) is 0 Å². The summed E-state index contributed by atoms with van der Waals surface area (Å²) in [6.07, 6.45) is 6.25. The van der Waals surface area contributed by atoms with Gasteiger partial charge < -0.3 is 10.6 Å². The van der Waals surface area contributed by atoms with Crippen LogP contribution in [0.25, 0.3) is 0 Å². The maximum Gasteiger partial charge on any atom is 0.222 e.